The predicted molar refractivity (Wildman–Crippen MR) is 58.3 cm³/mol. The topological polar surface area (TPSA) is 12.0 Å². The van der Waals surface area contributed by atoms with E-state index in [4.69, 9.17) is 0 Å². The van der Waals surface area contributed by atoms with Crippen LogP contribution in [0.5, 0.6) is 0 Å². The summed E-state index contributed by atoms with van der Waals surface area (Å²) in [4.78, 5) is 1.44. The zero-order chi connectivity index (χ0) is 9.10. The summed E-state index contributed by atoms with van der Waals surface area (Å²) in [6, 6.07) is 8.63. The first-order chi connectivity index (χ1) is 6.36. The molecule has 0 bridgehead atoms. The second-order valence-electron chi connectivity index (χ2n) is 3.50. The van der Waals surface area contributed by atoms with Crippen molar-refractivity contribution < 1.29 is 0 Å². The fourth-order valence-electron chi connectivity index (χ4n) is 1.60. The van der Waals surface area contributed by atoms with Gasteiger partial charge in [-0.2, -0.15) is 0 Å². The lowest BCUT2D eigenvalue weighted by Gasteiger charge is -2.09. The molecule has 2 rings (SSSR count). The number of nitrogens with one attached hydrogen (secondary N) is 1. The maximum Gasteiger partial charge on any atom is 0.0231 e. The van der Waals surface area contributed by atoms with Crippen molar-refractivity contribution in [2.45, 2.75) is 23.5 Å². The molecule has 0 aromatic heterocycles. The van der Waals surface area contributed by atoms with E-state index in [0.717, 1.165) is 5.25 Å². The van der Waals surface area contributed by atoms with Gasteiger partial charge in [-0.3, -0.25) is 0 Å². The van der Waals surface area contributed by atoms with Crippen LogP contribution in [0.4, 0.5) is 0 Å². The van der Waals surface area contributed by atoms with Gasteiger partial charge in [0.05, 0.1) is 0 Å². The lowest BCUT2D eigenvalue weighted by Crippen LogP contribution is -2.10. The van der Waals surface area contributed by atoms with Gasteiger partial charge in [0, 0.05) is 16.7 Å². The van der Waals surface area contributed by atoms with Gasteiger partial charge >= 0.3 is 0 Å². The Kier molecular flexibility index (Phi) is 2.91. The van der Waals surface area contributed by atoms with Gasteiger partial charge < -0.3 is 5.32 Å². The average molecular weight is 193 g/mol. The Labute approximate surface area is 83.9 Å². The zero-order valence-corrected chi connectivity index (χ0v) is 8.73. The molecule has 1 aliphatic heterocycles. The summed E-state index contributed by atoms with van der Waals surface area (Å²) in [5.41, 5.74) is 1.40. The van der Waals surface area contributed by atoms with Crippen molar-refractivity contribution in [3.8, 4) is 0 Å². The molecule has 1 atom stereocenters. The van der Waals surface area contributed by atoms with E-state index in [1.54, 1.807) is 0 Å². The van der Waals surface area contributed by atoms with Crippen LogP contribution in [-0.4, -0.2) is 18.3 Å². The van der Waals surface area contributed by atoms with Crippen LogP contribution in [0.25, 0.3) is 0 Å². The van der Waals surface area contributed by atoms with Crippen LogP contribution in [0.3, 0.4) is 0 Å². The molecule has 1 saturated heterocycles. The van der Waals surface area contributed by atoms with Crippen LogP contribution in [0.2, 0.25) is 0 Å². The lowest BCUT2D eigenvalue weighted by atomic mass is 10.2. The van der Waals surface area contributed by atoms with Crippen molar-refractivity contribution >= 4 is 11.8 Å². The summed E-state index contributed by atoms with van der Waals surface area (Å²) in [6.07, 6.45) is 1.30. The van der Waals surface area contributed by atoms with E-state index in [1.165, 1.54) is 30.0 Å². The molecule has 70 valence electrons. The average Bonchev–Trinajstić information content (AvgIpc) is 2.61. The van der Waals surface area contributed by atoms with Crippen LogP contribution in [0.1, 0.15) is 12.0 Å². The van der Waals surface area contributed by atoms with Gasteiger partial charge in [0.1, 0.15) is 0 Å². The third-order valence-electron chi connectivity index (χ3n) is 2.40. The fourth-order valence-corrected chi connectivity index (χ4v) is 2.80. The van der Waals surface area contributed by atoms with E-state index in [0.29, 0.717) is 0 Å². The largest absolute Gasteiger partial charge is 0.316 e. The van der Waals surface area contributed by atoms with E-state index in [9.17, 15) is 0 Å². The monoisotopic (exact) mass is 193 g/mol. The highest BCUT2D eigenvalue weighted by Crippen LogP contribution is 2.29. The Morgan fingerprint density at radius 1 is 1.38 bits per heavy atom. The Balaban J connectivity index is 2.04. The van der Waals surface area contributed by atoms with Gasteiger partial charge in [0.25, 0.3) is 0 Å². The second-order valence-corrected chi connectivity index (χ2v) is 4.84. The summed E-state index contributed by atoms with van der Waals surface area (Å²) in [5, 5.41) is 4.17. The number of thioether (sulfide) groups is 1. The Morgan fingerprint density at radius 2 is 2.23 bits per heavy atom. The fraction of sp³-hybridized carbons (Fsp3) is 0.455. The summed E-state index contributed by atoms with van der Waals surface area (Å²) in [6.45, 7) is 4.53. The molecule has 2 heteroatoms. The maximum atomic E-state index is 3.39. The number of hydrogen-bond donors (Lipinski definition) is 1. The molecule has 0 spiro atoms. The SMILES string of the molecule is Cc1ccccc1SC1CCNC1. The highest BCUT2D eigenvalue weighted by molar-refractivity contribution is 8.00. The Hall–Kier alpha value is -0.470. The van der Waals surface area contributed by atoms with E-state index in [1.807, 2.05) is 11.8 Å². The van der Waals surface area contributed by atoms with Crippen LogP contribution in [0, 0.1) is 6.92 Å². The van der Waals surface area contributed by atoms with E-state index in [2.05, 4.69) is 36.5 Å². The molecule has 1 heterocycles. The minimum absolute atomic E-state index is 0.779. The molecule has 1 nitrogen and oxygen atoms in total. The molecule has 1 unspecified atom stereocenters. The lowest BCUT2D eigenvalue weighted by molar-refractivity contribution is 0.858. The van der Waals surface area contributed by atoms with Crippen molar-refractivity contribution in [3.63, 3.8) is 0 Å². The summed E-state index contributed by atoms with van der Waals surface area (Å²) in [7, 11) is 0. The predicted octanol–water partition coefficient (Wildman–Crippen LogP) is 2.45. The van der Waals surface area contributed by atoms with Crippen molar-refractivity contribution in [2.24, 2.45) is 0 Å². The van der Waals surface area contributed by atoms with Gasteiger partial charge in [-0.25, -0.2) is 0 Å². The van der Waals surface area contributed by atoms with E-state index >= 15 is 0 Å². The summed E-state index contributed by atoms with van der Waals surface area (Å²) < 4.78 is 0. The van der Waals surface area contributed by atoms with Crippen LogP contribution >= 0.6 is 11.8 Å². The molecule has 0 amide bonds. The third-order valence-corrected chi connectivity index (χ3v) is 3.85. The number of rotatable bonds is 2. The maximum absolute atomic E-state index is 3.39. The Morgan fingerprint density at radius 3 is 2.92 bits per heavy atom. The van der Waals surface area contributed by atoms with Crippen LogP contribution in [-0.2, 0) is 0 Å². The molecule has 1 fully saturated rings. The molecule has 1 N–H and O–H groups in total. The van der Waals surface area contributed by atoms with Crippen molar-refractivity contribution in [3.05, 3.63) is 29.8 Å². The Bertz CT molecular complexity index is 279. The third kappa shape index (κ3) is 2.26. The quantitative estimate of drug-likeness (QED) is 0.774. The standard InChI is InChI=1S/C11H15NS/c1-9-4-2-3-5-11(9)13-10-6-7-12-8-10/h2-5,10,12H,6-8H2,1H3. The molecule has 0 saturated carbocycles. The van der Waals surface area contributed by atoms with Gasteiger partial charge in [0.15, 0.2) is 0 Å². The summed E-state index contributed by atoms with van der Waals surface area (Å²) in [5.74, 6) is 0. The van der Waals surface area contributed by atoms with Crippen LogP contribution < -0.4 is 5.32 Å². The number of benzene rings is 1. The highest BCUT2D eigenvalue weighted by atomic mass is 32.2. The number of hydrogen-bond acceptors (Lipinski definition) is 2. The minimum Gasteiger partial charge on any atom is -0.316 e. The first-order valence-corrected chi connectivity index (χ1v) is 5.67. The van der Waals surface area contributed by atoms with E-state index < -0.39 is 0 Å². The molecular weight excluding hydrogens is 178 g/mol. The molecule has 1 aromatic rings. The normalized spacial score (nSPS) is 22.1. The van der Waals surface area contributed by atoms with Gasteiger partial charge in [0.2, 0.25) is 0 Å². The first kappa shape index (κ1) is 9.10. The van der Waals surface area contributed by atoms with E-state index in [-0.39, 0.29) is 0 Å². The molecular formula is C11H15NS. The molecule has 1 aromatic carbocycles. The summed E-state index contributed by atoms with van der Waals surface area (Å²) >= 11 is 2.02. The van der Waals surface area contributed by atoms with Gasteiger partial charge in [-0.1, -0.05) is 18.2 Å². The second kappa shape index (κ2) is 4.16. The van der Waals surface area contributed by atoms with Crippen molar-refractivity contribution in [2.75, 3.05) is 13.1 Å². The zero-order valence-electron chi connectivity index (χ0n) is 7.92. The highest BCUT2D eigenvalue weighted by Gasteiger charge is 2.15. The smallest absolute Gasteiger partial charge is 0.0231 e. The van der Waals surface area contributed by atoms with Gasteiger partial charge in [-0.15, -0.1) is 11.8 Å². The van der Waals surface area contributed by atoms with Crippen molar-refractivity contribution in [1.29, 1.82) is 0 Å². The van der Waals surface area contributed by atoms with Crippen molar-refractivity contribution in [1.82, 2.24) is 5.32 Å². The molecule has 1 aliphatic rings. The minimum atomic E-state index is 0.779. The molecule has 0 radical (unpaired) electrons. The van der Waals surface area contributed by atoms with Crippen LogP contribution in [0.15, 0.2) is 29.2 Å². The van der Waals surface area contributed by atoms with Gasteiger partial charge in [-0.05, 0) is 31.5 Å². The molecule has 0 aliphatic carbocycles. The molecule has 13 heavy (non-hydrogen) atoms. The number of aryl methyl sites for hydroxylation is 1. The first-order valence-electron chi connectivity index (χ1n) is 4.79.